The summed E-state index contributed by atoms with van der Waals surface area (Å²) in [5, 5.41) is 0. The lowest BCUT2D eigenvalue weighted by atomic mass is 9.87. The van der Waals surface area contributed by atoms with Crippen LogP contribution in [-0.2, 0) is 4.74 Å². The van der Waals surface area contributed by atoms with Gasteiger partial charge in [-0.05, 0) is 39.2 Å². The highest BCUT2D eigenvalue weighted by Gasteiger charge is 2.32. The largest absolute Gasteiger partial charge is 0.377 e. The second kappa shape index (κ2) is 8.13. The Morgan fingerprint density at radius 2 is 2.11 bits per heavy atom. The number of likely N-dealkylation sites (N-methyl/N-ethyl adjacent to an activating group) is 1. The first kappa shape index (κ1) is 15.9. The Balaban J connectivity index is 2.54. The molecule has 0 aliphatic carbocycles. The van der Waals surface area contributed by atoms with Crippen LogP contribution in [0.15, 0.2) is 0 Å². The van der Waals surface area contributed by atoms with E-state index >= 15 is 0 Å². The minimum absolute atomic E-state index is 0.177. The quantitative estimate of drug-likeness (QED) is 0.726. The monoisotopic (exact) mass is 256 g/mol. The third kappa shape index (κ3) is 4.22. The lowest BCUT2D eigenvalue weighted by Crippen LogP contribution is -2.54. The molecule has 1 fully saturated rings. The fourth-order valence-corrected chi connectivity index (χ4v) is 3.00. The SMILES string of the molecule is CCCCC(CC)(CN)N(C)CC1CCCCO1. The molecule has 2 unspecified atom stereocenters. The predicted molar refractivity (Wildman–Crippen MR) is 77.8 cm³/mol. The molecule has 3 nitrogen and oxygen atoms in total. The van der Waals surface area contributed by atoms with Gasteiger partial charge in [0.1, 0.15) is 0 Å². The fourth-order valence-electron chi connectivity index (χ4n) is 3.00. The minimum Gasteiger partial charge on any atom is -0.377 e. The number of unbranched alkanes of at least 4 members (excludes halogenated alkanes) is 1. The van der Waals surface area contributed by atoms with Crippen LogP contribution in [0.4, 0.5) is 0 Å². The maximum Gasteiger partial charge on any atom is 0.0702 e. The highest BCUT2D eigenvalue weighted by molar-refractivity contribution is 4.90. The molecule has 0 spiro atoms. The first-order chi connectivity index (χ1) is 8.68. The Hall–Kier alpha value is -0.120. The number of hydrogen-bond acceptors (Lipinski definition) is 3. The molecule has 1 aliphatic rings. The standard InChI is InChI=1S/C15H32N2O/c1-4-6-10-15(5-2,13-16)17(3)12-14-9-7-8-11-18-14/h14H,4-13,16H2,1-3H3. The number of nitrogens with zero attached hydrogens (tertiary/aromatic N) is 1. The molecule has 1 heterocycles. The van der Waals surface area contributed by atoms with Gasteiger partial charge >= 0.3 is 0 Å². The molecule has 1 saturated heterocycles. The van der Waals surface area contributed by atoms with E-state index < -0.39 is 0 Å². The van der Waals surface area contributed by atoms with E-state index in [-0.39, 0.29) is 5.54 Å². The molecular weight excluding hydrogens is 224 g/mol. The third-order valence-corrected chi connectivity index (χ3v) is 4.60. The van der Waals surface area contributed by atoms with Gasteiger partial charge in [-0.2, -0.15) is 0 Å². The summed E-state index contributed by atoms with van der Waals surface area (Å²) >= 11 is 0. The zero-order valence-electron chi connectivity index (χ0n) is 12.6. The van der Waals surface area contributed by atoms with Gasteiger partial charge < -0.3 is 10.5 Å². The maximum atomic E-state index is 6.08. The summed E-state index contributed by atoms with van der Waals surface area (Å²) in [5.74, 6) is 0. The molecule has 108 valence electrons. The van der Waals surface area contributed by atoms with Crippen LogP contribution < -0.4 is 5.73 Å². The molecule has 0 aromatic carbocycles. The number of rotatable bonds is 8. The summed E-state index contributed by atoms with van der Waals surface area (Å²) in [6.45, 7) is 7.25. The highest BCUT2D eigenvalue weighted by Crippen LogP contribution is 2.26. The van der Waals surface area contributed by atoms with Crippen LogP contribution in [0.5, 0.6) is 0 Å². The van der Waals surface area contributed by atoms with Crippen molar-refractivity contribution in [1.29, 1.82) is 0 Å². The van der Waals surface area contributed by atoms with Crippen LogP contribution in [0.2, 0.25) is 0 Å². The van der Waals surface area contributed by atoms with Gasteiger partial charge in [-0.15, -0.1) is 0 Å². The molecular formula is C15H32N2O. The first-order valence-electron chi connectivity index (χ1n) is 7.71. The fraction of sp³-hybridized carbons (Fsp3) is 1.00. The summed E-state index contributed by atoms with van der Waals surface area (Å²) in [6.07, 6.45) is 9.02. The number of nitrogens with two attached hydrogens (primary N) is 1. The van der Waals surface area contributed by atoms with Gasteiger partial charge in [0.25, 0.3) is 0 Å². The maximum absolute atomic E-state index is 6.08. The number of ether oxygens (including phenoxy) is 1. The second-order valence-corrected chi connectivity index (χ2v) is 5.75. The van der Waals surface area contributed by atoms with E-state index in [1.54, 1.807) is 0 Å². The summed E-state index contributed by atoms with van der Waals surface area (Å²) in [7, 11) is 2.23. The van der Waals surface area contributed by atoms with E-state index in [9.17, 15) is 0 Å². The molecule has 3 heteroatoms. The van der Waals surface area contributed by atoms with Crippen molar-refractivity contribution < 1.29 is 4.74 Å². The lowest BCUT2D eigenvalue weighted by Gasteiger charge is -2.43. The van der Waals surface area contributed by atoms with Crippen molar-refractivity contribution in [2.45, 2.75) is 70.4 Å². The van der Waals surface area contributed by atoms with Gasteiger partial charge in [-0.25, -0.2) is 0 Å². The molecule has 0 amide bonds. The molecule has 1 rings (SSSR count). The van der Waals surface area contributed by atoms with E-state index in [1.807, 2.05) is 0 Å². The number of hydrogen-bond donors (Lipinski definition) is 1. The molecule has 18 heavy (non-hydrogen) atoms. The van der Waals surface area contributed by atoms with Gasteiger partial charge in [0, 0.05) is 25.2 Å². The Kier molecular flexibility index (Phi) is 7.20. The van der Waals surface area contributed by atoms with Crippen molar-refractivity contribution in [1.82, 2.24) is 4.90 Å². The molecule has 0 aromatic heterocycles. The molecule has 1 aliphatic heterocycles. The molecule has 0 aromatic rings. The van der Waals surface area contributed by atoms with Crippen molar-refractivity contribution in [3.05, 3.63) is 0 Å². The van der Waals surface area contributed by atoms with Gasteiger partial charge in [0.2, 0.25) is 0 Å². The van der Waals surface area contributed by atoms with E-state index in [2.05, 4.69) is 25.8 Å². The van der Waals surface area contributed by atoms with E-state index in [1.165, 1.54) is 38.5 Å². The average molecular weight is 256 g/mol. The zero-order valence-corrected chi connectivity index (χ0v) is 12.6. The zero-order chi connectivity index (χ0) is 13.4. The van der Waals surface area contributed by atoms with Crippen molar-refractivity contribution in [3.8, 4) is 0 Å². The van der Waals surface area contributed by atoms with Crippen LogP contribution >= 0.6 is 0 Å². The van der Waals surface area contributed by atoms with Crippen LogP contribution in [0.3, 0.4) is 0 Å². The second-order valence-electron chi connectivity index (χ2n) is 5.75. The van der Waals surface area contributed by atoms with Crippen molar-refractivity contribution in [3.63, 3.8) is 0 Å². The smallest absolute Gasteiger partial charge is 0.0702 e. The van der Waals surface area contributed by atoms with Crippen molar-refractivity contribution >= 4 is 0 Å². The molecule has 2 N–H and O–H groups in total. The minimum atomic E-state index is 0.177. The summed E-state index contributed by atoms with van der Waals surface area (Å²) in [4.78, 5) is 2.47. The van der Waals surface area contributed by atoms with E-state index in [0.29, 0.717) is 6.10 Å². The van der Waals surface area contributed by atoms with Crippen LogP contribution in [0.25, 0.3) is 0 Å². The lowest BCUT2D eigenvalue weighted by molar-refractivity contribution is -0.0253. The third-order valence-electron chi connectivity index (χ3n) is 4.60. The predicted octanol–water partition coefficient (Wildman–Crippen LogP) is 2.79. The molecule has 0 saturated carbocycles. The normalized spacial score (nSPS) is 24.2. The van der Waals surface area contributed by atoms with E-state index in [0.717, 1.165) is 26.1 Å². The summed E-state index contributed by atoms with van der Waals surface area (Å²) in [6, 6.07) is 0. The molecule has 0 radical (unpaired) electrons. The Morgan fingerprint density at radius 3 is 2.61 bits per heavy atom. The van der Waals surface area contributed by atoms with Gasteiger partial charge in [0.05, 0.1) is 6.10 Å². The van der Waals surface area contributed by atoms with Crippen LogP contribution in [0.1, 0.15) is 58.8 Å². The first-order valence-corrected chi connectivity index (χ1v) is 7.71. The summed E-state index contributed by atoms with van der Waals surface area (Å²) < 4.78 is 5.85. The average Bonchev–Trinajstić information content (AvgIpc) is 2.42. The Morgan fingerprint density at radius 1 is 1.33 bits per heavy atom. The van der Waals surface area contributed by atoms with Gasteiger partial charge in [0.15, 0.2) is 0 Å². The van der Waals surface area contributed by atoms with Crippen molar-refractivity contribution in [2.75, 3.05) is 26.7 Å². The molecule has 0 bridgehead atoms. The topological polar surface area (TPSA) is 38.5 Å². The van der Waals surface area contributed by atoms with E-state index in [4.69, 9.17) is 10.5 Å². The Labute approximate surface area is 113 Å². The highest BCUT2D eigenvalue weighted by atomic mass is 16.5. The Bertz CT molecular complexity index is 211. The molecule has 2 atom stereocenters. The van der Waals surface area contributed by atoms with Crippen LogP contribution in [-0.4, -0.2) is 43.3 Å². The summed E-state index contributed by atoms with van der Waals surface area (Å²) in [5.41, 5.74) is 6.26. The van der Waals surface area contributed by atoms with Crippen molar-refractivity contribution in [2.24, 2.45) is 5.73 Å². The van der Waals surface area contributed by atoms with Gasteiger partial charge in [-0.3, -0.25) is 4.90 Å². The van der Waals surface area contributed by atoms with Crippen LogP contribution in [0, 0.1) is 0 Å². The van der Waals surface area contributed by atoms with Gasteiger partial charge in [-0.1, -0.05) is 26.7 Å².